The molecule has 1 amide bonds. The number of aromatic nitrogens is 6. The minimum Gasteiger partial charge on any atom is -0.324 e. The number of rotatable bonds is 5. The normalized spacial score (nSPS) is 10.7. The predicted molar refractivity (Wildman–Crippen MR) is 112 cm³/mol. The number of aromatic amines is 1. The Balaban J connectivity index is 1.46. The Morgan fingerprint density at radius 3 is 2.63 bits per heavy atom. The number of aryl methyl sites for hydroxylation is 2. The molecule has 0 bridgehead atoms. The van der Waals surface area contributed by atoms with E-state index < -0.39 is 0 Å². The van der Waals surface area contributed by atoms with E-state index in [1.54, 1.807) is 31.2 Å². The molecule has 30 heavy (non-hydrogen) atoms. The number of nitrogens with zero attached hydrogens (tertiary/aromatic N) is 5. The van der Waals surface area contributed by atoms with Gasteiger partial charge in [-0.3, -0.25) is 9.59 Å². The summed E-state index contributed by atoms with van der Waals surface area (Å²) in [5, 5.41) is 15.0. The highest BCUT2D eigenvalue weighted by atomic mass is 16.2. The van der Waals surface area contributed by atoms with Crippen LogP contribution in [-0.2, 0) is 11.3 Å². The maximum Gasteiger partial charge on any atom is 0.251 e. The van der Waals surface area contributed by atoms with Crippen LogP contribution in [0.4, 0.5) is 5.69 Å². The highest BCUT2D eigenvalue weighted by Crippen LogP contribution is 2.19. The molecule has 9 heteroatoms. The minimum atomic E-state index is -0.300. The van der Waals surface area contributed by atoms with Crippen molar-refractivity contribution in [3.8, 4) is 22.8 Å². The van der Waals surface area contributed by atoms with Crippen LogP contribution in [0, 0.1) is 13.8 Å². The van der Waals surface area contributed by atoms with E-state index in [1.165, 1.54) is 10.9 Å². The zero-order valence-corrected chi connectivity index (χ0v) is 16.5. The maximum absolute atomic E-state index is 12.4. The van der Waals surface area contributed by atoms with Crippen molar-refractivity contribution in [3.63, 3.8) is 0 Å². The number of carbonyl (C=O) groups excluding carboxylic acids is 1. The molecule has 4 aromatic rings. The number of nitrogens with one attached hydrogen (secondary N) is 2. The van der Waals surface area contributed by atoms with Gasteiger partial charge in [0.15, 0.2) is 0 Å². The van der Waals surface area contributed by atoms with Crippen molar-refractivity contribution in [2.24, 2.45) is 0 Å². The minimum absolute atomic E-state index is 0.0807. The molecular formula is C21H19N7O2. The summed E-state index contributed by atoms with van der Waals surface area (Å²) in [6, 6.07) is 16.2. The summed E-state index contributed by atoms with van der Waals surface area (Å²) in [5.41, 5.74) is 3.62. The number of H-pyrrole nitrogens is 1. The third-order valence-electron chi connectivity index (χ3n) is 4.34. The third kappa shape index (κ3) is 4.46. The summed E-state index contributed by atoms with van der Waals surface area (Å²) in [6.07, 6.45) is 0. The smallest absolute Gasteiger partial charge is 0.251 e. The van der Waals surface area contributed by atoms with Crippen LogP contribution in [0.1, 0.15) is 11.3 Å². The van der Waals surface area contributed by atoms with Crippen molar-refractivity contribution in [3.05, 3.63) is 76.2 Å². The first-order valence-corrected chi connectivity index (χ1v) is 9.29. The highest BCUT2D eigenvalue weighted by molar-refractivity contribution is 5.91. The van der Waals surface area contributed by atoms with Crippen LogP contribution in [0.3, 0.4) is 0 Å². The molecule has 0 unspecified atom stereocenters. The highest BCUT2D eigenvalue weighted by Gasteiger charge is 2.10. The van der Waals surface area contributed by atoms with Crippen molar-refractivity contribution in [1.82, 2.24) is 30.2 Å². The van der Waals surface area contributed by atoms with Gasteiger partial charge in [0, 0.05) is 28.6 Å². The van der Waals surface area contributed by atoms with E-state index in [4.69, 9.17) is 0 Å². The monoisotopic (exact) mass is 401 g/mol. The first-order valence-electron chi connectivity index (χ1n) is 9.29. The number of tetrazole rings is 1. The lowest BCUT2D eigenvalue weighted by Crippen LogP contribution is -2.20. The fourth-order valence-corrected chi connectivity index (χ4v) is 2.92. The Labute approximate surface area is 171 Å². The van der Waals surface area contributed by atoms with E-state index in [1.807, 2.05) is 31.2 Å². The Bertz CT molecular complexity index is 1260. The molecule has 2 N–H and O–H groups in total. The van der Waals surface area contributed by atoms with Crippen molar-refractivity contribution < 1.29 is 4.79 Å². The fraction of sp³-hybridized carbons (Fsp3) is 0.143. The lowest BCUT2D eigenvalue weighted by atomic mass is 10.1. The van der Waals surface area contributed by atoms with Gasteiger partial charge in [-0.15, -0.1) is 10.2 Å². The van der Waals surface area contributed by atoms with Crippen molar-refractivity contribution in [1.29, 1.82) is 0 Å². The Kier molecular flexibility index (Phi) is 5.17. The van der Waals surface area contributed by atoms with E-state index in [0.29, 0.717) is 28.6 Å². The van der Waals surface area contributed by atoms with Crippen LogP contribution in [0.5, 0.6) is 0 Å². The summed E-state index contributed by atoms with van der Waals surface area (Å²) in [7, 11) is 0. The quantitative estimate of drug-likeness (QED) is 0.530. The van der Waals surface area contributed by atoms with Gasteiger partial charge in [0.05, 0.1) is 0 Å². The summed E-state index contributed by atoms with van der Waals surface area (Å²) in [4.78, 5) is 32.4. The van der Waals surface area contributed by atoms with Crippen molar-refractivity contribution in [2.45, 2.75) is 20.4 Å². The molecule has 0 aliphatic carbocycles. The summed E-state index contributed by atoms with van der Waals surface area (Å²) >= 11 is 0. The van der Waals surface area contributed by atoms with Gasteiger partial charge < -0.3 is 10.3 Å². The van der Waals surface area contributed by atoms with Crippen LogP contribution in [-0.4, -0.2) is 36.1 Å². The van der Waals surface area contributed by atoms with Gasteiger partial charge in [0.1, 0.15) is 12.4 Å². The first kappa shape index (κ1) is 19.2. The molecule has 2 aromatic carbocycles. The maximum atomic E-state index is 12.4. The molecule has 0 spiro atoms. The zero-order valence-electron chi connectivity index (χ0n) is 16.5. The van der Waals surface area contributed by atoms with E-state index in [-0.39, 0.29) is 18.0 Å². The van der Waals surface area contributed by atoms with Crippen molar-refractivity contribution >= 4 is 11.6 Å². The van der Waals surface area contributed by atoms with E-state index in [2.05, 4.69) is 30.7 Å². The SMILES string of the molecule is Cc1ccc(-c2nnn(CC(=O)Nc3cccc(-c4nc(C)cc(=O)[nH]4)c3)n2)cc1. The van der Waals surface area contributed by atoms with E-state index >= 15 is 0 Å². The number of hydrogen-bond donors (Lipinski definition) is 2. The summed E-state index contributed by atoms with van der Waals surface area (Å²) < 4.78 is 0. The molecule has 0 saturated heterocycles. The second-order valence-corrected chi connectivity index (χ2v) is 6.87. The second kappa shape index (κ2) is 8.08. The Morgan fingerprint density at radius 1 is 1.07 bits per heavy atom. The average molecular weight is 401 g/mol. The average Bonchev–Trinajstić information content (AvgIpc) is 3.16. The van der Waals surface area contributed by atoms with Gasteiger partial charge in [0.25, 0.3) is 5.56 Å². The zero-order chi connectivity index (χ0) is 21.1. The molecule has 0 atom stereocenters. The van der Waals surface area contributed by atoms with Gasteiger partial charge in [-0.1, -0.05) is 42.0 Å². The number of anilines is 1. The molecule has 0 aliphatic rings. The molecule has 2 heterocycles. The number of carbonyl (C=O) groups is 1. The molecule has 0 saturated carbocycles. The van der Waals surface area contributed by atoms with Crippen LogP contribution in [0.25, 0.3) is 22.8 Å². The molecule has 0 radical (unpaired) electrons. The molecule has 150 valence electrons. The lowest BCUT2D eigenvalue weighted by Gasteiger charge is -2.07. The standard InChI is InChI=1S/C21H19N7O2/c1-13-6-8-15(9-7-13)21-25-27-28(26-21)12-19(30)23-17-5-3-4-16(11-17)20-22-14(2)10-18(29)24-20/h3-11H,12H2,1-2H3,(H,23,30)(H,22,24,29). The number of hydrogen-bond acceptors (Lipinski definition) is 6. The van der Waals surface area contributed by atoms with Gasteiger partial charge >= 0.3 is 0 Å². The molecular weight excluding hydrogens is 382 g/mol. The van der Waals surface area contributed by atoms with Crippen LogP contribution >= 0.6 is 0 Å². The van der Waals surface area contributed by atoms with Crippen LogP contribution in [0.2, 0.25) is 0 Å². The topological polar surface area (TPSA) is 118 Å². The number of benzene rings is 2. The van der Waals surface area contributed by atoms with E-state index in [0.717, 1.165) is 11.1 Å². The van der Waals surface area contributed by atoms with Crippen LogP contribution in [0.15, 0.2) is 59.4 Å². The lowest BCUT2D eigenvalue weighted by molar-refractivity contribution is -0.117. The van der Waals surface area contributed by atoms with Crippen LogP contribution < -0.4 is 10.9 Å². The first-order chi connectivity index (χ1) is 14.5. The Morgan fingerprint density at radius 2 is 1.87 bits per heavy atom. The van der Waals surface area contributed by atoms with Gasteiger partial charge in [0.2, 0.25) is 11.7 Å². The third-order valence-corrected chi connectivity index (χ3v) is 4.34. The van der Waals surface area contributed by atoms with Crippen molar-refractivity contribution in [2.75, 3.05) is 5.32 Å². The fourth-order valence-electron chi connectivity index (χ4n) is 2.92. The predicted octanol–water partition coefficient (Wildman–Crippen LogP) is 2.35. The largest absolute Gasteiger partial charge is 0.324 e. The van der Waals surface area contributed by atoms with Gasteiger partial charge in [-0.25, -0.2) is 4.98 Å². The molecule has 2 aromatic heterocycles. The van der Waals surface area contributed by atoms with Gasteiger partial charge in [-0.2, -0.15) is 4.80 Å². The molecule has 9 nitrogen and oxygen atoms in total. The molecule has 0 aliphatic heterocycles. The Hall–Kier alpha value is -4.14. The summed E-state index contributed by atoms with van der Waals surface area (Å²) in [6.45, 7) is 3.67. The molecule has 4 rings (SSSR count). The van der Waals surface area contributed by atoms with Gasteiger partial charge in [-0.05, 0) is 31.2 Å². The van der Waals surface area contributed by atoms with E-state index in [9.17, 15) is 9.59 Å². The number of amides is 1. The molecule has 0 fully saturated rings. The summed E-state index contributed by atoms with van der Waals surface area (Å²) in [5.74, 6) is 0.599. The second-order valence-electron chi connectivity index (χ2n) is 6.87.